The third-order valence-corrected chi connectivity index (χ3v) is 6.05. The van der Waals surface area contributed by atoms with E-state index in [0.717, 1.165) is 11.3 Å². The molecule has 8 nitrogen and oxygen atoms in total. The second kappa shape index (κ2) is 7.99. The van der Waals surface area contributed by atoms with Crippen LogP contribution >= 0.6 is 11.3 Å². The van der Waals surface area contributed by atoms with Crippen LogP contribution in [0.2, 0.25) is 0 Å². The summed E-state index contributed by atoms with van der Waals surface area (Å²) in [6.45, 7) is 5.56. The molecule has 0 fully saturated rings. The van der Waals surface area contributed by atoms with Crippen LogP contribution in [0, 0.1) is 6.92 Å². The first-order chi connectivity index (χ1) is 14.8. The number of rotatable bonds is 4. The van der Waals surface area contributed by atoms with Crippen molar-refractivity contribution in [3.63, 3.8) is 0 Å². The van der Waals surface area contributed by atoms with Gasteiger partial charge in [0.2, 0.25) is 0 Å². The zero-order chi connectivity index (χ0) is 22.3. The molecule has 1 aliphatic heterocycles. The largest absolute Gasteiger partial charge is 0.508 e. The number of phenols is 1. The topological polar surface area (TPSA) is 98.7 Å². The highest BCUT2D eigenvalue weighted by Gasteiger charge is 2.33. The van der Waals surface area contributed by atoms with E-state index in [-0.39, 0.29) is 17.9 Å². The van der Waals surface area contributed by atoms with Gasteiger partial charge in [-0.3, -0.25) is 14.0 Å². The average Bonchev–Trinajstić information content (AvgIpc) is 3.19. The van der Waals surface area contributed by atoms with Crippen LogP contribution in [0.5, 0.6) is 5.75 Å². The Hall–Kier alpha value is -3.46. The Labute approximate surface area is 182 Å². The molecule has 31 heavy (non-hydrogen) atoms. The van der Waals surface area contributed by atoms with Crippen molar-refractivity contribution in [2.75, 3.05) is 6.61 Å². The van der Waals surface area contributed by atoms with Crippen molar-refractivity contribution in [2.45, 2.75) is 26.8 Å². The summed E-state index contributed by atoms with van der Waals surface area (Å²) < 4.78 is 8.98. The number of phenolic OH excluding ortho intramolecular Hbond substituents is 1. The first-order valence-corrected chi connectivity index (χ1v) is 10.6. The Kier molecular flexibility index (Phi) is 5.36. The summed E-state index contributed by atoms with van der Waals surface area (Å²) in [7, 11) is 1.83. The molecule has 0 radical (unpaired) electrons. The summed E-state index contributed by atoms with van der Waals surface area (Å²) in [4.78, 5) is 31.3. The molecule has 1 aromatic carbocycles. The smallest absolute Gasteiger partial charge is 0.338 e. The number of hydrogen-bond acceptors (Lipinski definition) is 7. The summed E-state index contributed by atoms with van der Waals surface area (Å²) in [5.74, 6) is -0.416. The highest BCUT2D eigenvalue weighted by atomic mass is 32.1. The summed E-state index contributed by atoms with van der Waals surface area (Å²) in [6.07, 6.45) is 3.64. The predicted octanol–water partition coefficient (Wildman–Crippen LogP) is 1.55. The fourth-order valence-electron chi connectivity index (χ4n) is 3.66. The fraction of sp³-hybridized carbons (Fsp3) is 0.273. The van der Waals surface area contributed by atoms with Crippen LogP contribution in [0.1, 0.15) is 36.7 Å². The summed E-state index contributed by atoms with van der Waals surface area (Å²) in [5, 5.41) is 14.0. The number of aryl methyl sites for hydroxylation is 2. The molecule has 160 valence electrons. The van der Waals surface area contributed by atoms with E-state index in [9.17, 15) is 14.7 Å². The van der Waals surface area contributed by atoms with Crippen LogP contribution in [0.4, 0.5) is 0 Å². The normalized spacial score (nSPS) is 16.3. The van der Waals surface area contributed by atoms with Crippen LogP contribution in [-0.2, 0) is 16.6 Å². The fourth-order valence-corrected chi connectivity index (χ4v) is 4.70. The van der Waals surface area contributed by atoms with Crippen LogP contribution in [-0.4, -0.2) is 32.0 Å². The SMILES string of the molecule is CCOC(=O)C1=C(C)N=c2s/c(=C/c3cn(C)nc3C)c(=O)n2[C@H]1c1ccc(O)cc1. The van der Waals surface area contributed by atoms with E-state index >= 15 is 0 Å². The van der Waals surface area contributed by atoms with Crippen LogP contribution in [0.15, 0.2) is 51.5 Å². The van der Waals surface area contributed by atoms with Gasteiger partial charge in [0.05, 0.1) is 34.1 Å². The Balaban J connectivity index is 1.97. The van der Waals surface area contributed by atoms with E-state index in [1.54, 1.807) is 36.7 Å². The number of hydrogen-bond donors (Lipinski definition) is 1. The monoisotopic (exact) mass is 438 g/mol. The maximum Gasteiger partial charge on any atom is 0.338 e. The minimum atomic E-state index is -0.701. The molecule has 0 saturated heterocycles. The summed E-state index contributed by atoms with van der Waals surface area (Å²) in [5.41, 5.74) is 2.90. The van der Waals surface area contributed by atoms with Crippen molar-refractivity contribution in [2.24, 2.45) is 12.0 Å². The molecule has 0 unspecified atom stereocenters. The minimum absolute atomic E-state index is 0.0987. The van der Waals surface area contributed by atoms with E-state index in [1.807, 2.05) is 20.2 Å². The van der Waals surface area contributed by atoms with Crippen molar-refractivity contribution in [3.8, 4) is 5.75 Å². The number of aromatic hydroxyl groups is 1. The molecule has 0 aliphatic carbocycles. The van der Waals surface area contributed by atoms with Gasteiger partial charge >= 0.3 is 5.97 Å². The number of benzene rings is 1. The van der Waals surface area contributed by atoms with Gasteiger partial charge in [-0.05, 0) is 44.5 Å². The predicted molar refractivity (Wildman–Crippen MR) is 116 cm³/mol. The molecule has 0 amide bonds. The van der Waals surface area contributed by atoms with E-state index in [2.05, 4.69) is 10.1 Å². The van der Waals surface area contributed by atoms with Gasteiger partial charge in [-0.25, -0.2) is 9.79 Å². The third-order valence-electron chi connectivity index (χ3n) is 5.06. The molecule has 4 rings (SSSR count). The maximum absolute atomic E-state index is 13.5. The van der Waals surface area contributed by atoms with Gasteiger partial charge in [-0.2, -0.15) is 5.10 Å². The van der Waals surface area contributed by atoms with Gasteiger partial charge in [0, 0.05) is 18.8 Å². The summed E-state index contributed by atoms with van der Waals surface area (Å²) in [6, 6.07) is 5.75. The number of ether oxygens (including phenoxy) is 1. The van der Waals surface area contributed by atoms with Gasteiger partial charge in [0.1, 0.15) is 5.75 Å². The van der Waals surface area contributed by atoms with Gasteiger partial charge in [0.25, 0.3) is 5.56 Å². The molecule has 0 spiro atoms. The van der Waals surface area contributed by atoms with Crippen LogP contribution in [0.3, 0.4) is 0 Å². The second-order valence-electron chi connectivity index (χ2n) is 7.24. The van der Waals surface area contributed by atoms with Crippen molar-refractivity contribution in [3.05, 3.63) is 78.2 Å². The number of thiazole rings is 1. The van der Waals surface area contributed by atoms with Gasteiger partial charge in [0.15, 0.2) is 4.80 Å². The van der Waals surface area contributed by atoms with E-state index in [4.69, 9.17) is 4.74 Å². The zero-order valence-corrected chi connectivity index (χ0v) is 18.4. The molecule has 3 heterocycles. The third kappa shape index (κ3) is 3.72. The zero-order valence-electron chi connectivity index (χ0n) is 17.6. The molecule has 2 aromatic heterocycles. The quantitative estimate of drug-likeness (QED) is 0.623. The lowest BCUT2D eigenvalue weighted by atomic mass is 9.96. The Morgan fingerprint density at radius 1 is 1.29 bits per heavy atom. The standard InChI is InChI=1S/C22H22N4O4S/c1-5-30-21(29)18-13(3)23-22-26(19(18)14-6-8-16(27)9-7-14)20(28)17(31-22)10-15-11-25(4)24-12(15)2/h6-11,19,27H,5H2,1-4H3/b17-10+/t19-/m0/s1. The number of carbonyl (C=O) groups excluding carboxylic acids is 1. The Morgan fingerprint density at radius 2 is 2.00 bits per heavy atom. The summed E-state index contributed by atoms with van der Waals surface area (Å²) >= 11 is 1.26. The average molecular weight is 439 g/mol. The number of allylic oxidation sites excluding steroid dienone is 1. The molecule has 0 saturated carbocycles. The maximum atomic E-state index is 13.5. The van der Waals surface area contributed by atoms with E-state index in [1.165, 1.54) is 28.0 Å². The number of fused-ring (bicyclic) bond motifs is 1. The lowest BCUT2D eigenvalue weighted by Crippen LogP contribution is -2.39. The second-order valence-corrected chi connectivity index (χ2v) is 8.25. The molecule has 1 N–H and O–H groups in total. The Bertz CT molecular complexity index is 1380. The lowest BCUT2D eigenvalue weighted by molar-refractivity contribution is -0.139. The van der Waals surface area contributed by atoms with Gasteiger partial charge < -0.3 is 9.84 Å². The van der Waals surface area contributed by atoms with E-state index in [0.29, 0.717) is 26.2 Å². The number of esters is 1. The van der Waals surface area contributed by atoms with Crippen molar-refractivity contribution < 1.29 is 14.6 Å². The minimum Gasteiger partial charge on any atom is -0.508 e. The van der Waals surface area contributed by atoms with Gasteiger partial charge in [-0.1, -0.05) is 23.5 Å². The van der Waals surface area contributed by atoms with Crippen LogP contribution < -0.4 is 14.9 Å². The first-order valence-electron chi connectivity index (χ1n) is 9.79. The molecule has 3 aromatic rings. The van der Waals surface area contributed by atoms with Crippen molar-refractivity contribution in [1.29, 1.82) is 0 Å². The molecular weight excluding hydrogens is 416 g/mol. The lowest BCUT2D eigenvalue weighted by Gasteiger charge is -2.24. The van der Waals surface area contributed by atoms with E-state index < -0.39 is 12.0 Å². The molecular formula is C22H22N4O4S. The Morgan fingerprint density at radius 3 is 2.61 bits per heavy atom. The molecule has 9 heteroatoms. The highest BCUT2D eigenvalue weighted by molar-refractivity contribution is 7.07. The van der Waals surface area contributed by atoms with Crippen molar-refractivity contribution >= 4 is 23.4 Å². The number of nitrogens with zero attached hydrogens (tertiary/aromatic N) is 4. The molecule has 1 atom stereocenters. The van der Waals surface area contributed by atoms with Crippen LogP contribution in [0.25, 0.3) is 6.08 Å². The number of aromatic nitrogens is 3. The highest BCUT2D eigenvalue weighted by Crippen LogP contribution is 2.31. The van der Waals surface area contributed by atoms with Crippen molar-refractivity contribution in [1.82, 2.24) is 14.3 Å². The van der Waals surface area contributed by atoms with Gasteiger partial charge in [-0.15, -0.1) is 0 Å². The first kappa shape index (κ1) is 20.8. The molecule has 1 aliphatic rings. The molecule has 0 bridgehead atoms. The number of carbonyl (C=O) groups is 1.